The van der Waals surface area contributed by atoms with E-state index in [2.05, 4.69) is 10.1 Å². The van der Waals surface area contributed by atoms with Crippen molar-refractivity contribution in [3.63, 3.8) is 0 Å². The highest BCUT2D eigenvalue weighted by molar-refractivity contribution is 5.78. The average molecular weight is 254 g/mol. The first-order valence-corrected chi connectivity index (χ1v) is 5.67. The molecule has 0 saturated heterocycles. The molecule has 0 aliphatic carbocycles. The Bertz CT molecular complexity index is 533. The molecule has 0 spiro atoms. The van der Waals surface area contributed by atoms with Crippen LogP contribution >= 0.6 is 0 Å². The molecule has 4 nitrogen and oxygen atoms in total. The molecule has 2 aromatic carbocycles. The Morgan fingerprint density at radius 1 is 1.00 bits per heavy atom. The van der Waals surface area contributed by atoms with Gasteiger partial charge in [-0.2, -0.15) is 0 Å². The number of oxime groups is 1. The van der Waals surface area contributed by atoms with Gasteiger partial charge in [0.1, 0.15) is 0 Å². The van der Waals surface area contributed by atoms with Gasteiger partial charge < -0.3 is 5.21 Å². The Balaban J connectivity index is 0.000000191. The van der Waals surface area contributed by atoms with Crippen LogP contribution in [-0.4, -0.2) is 17.5 Å². The molecule has 1 N–H and O–H groups in total. The Hall–Kier alpha value is -2.71. The lowest BCUT2D eigenvalue weighted by atomic mass is 10.2. The molecule has 4 heteroatoms. The van der Waals surface area contributed by atoms with Crippen LogP contribution in [0.1, 0.15) is 11.1 Å². The fraction of sp³-hybridized carbons (Fsp3) is 0.0667. The van der Waals surface area contributed by atoms with Crippen LogP contribution in [-0.2, 0) is 11.3 Å². The van der Waals surface area contributed by atoms with Gasteiger partial charge in [0, 0.05) is 0 Å². The molecule has 0 amide bonds. The second-order valence-corrected chi connectivity index (χ2v) is 3.55. The lowest BCUT2D eigenvalue weighted by Crippen LogP contribution is -1.77. The van der Waals surface area contributed by atoms with Crippen molar-refractivity contribution in [3.8, 4) is 0 Å². The third kappa shape index (κ3) is 6.56. The van der Waals surface area contributed by atoms with E-state index in [1.807, 2.05) is 60.7 Å². The number of isocyanates is 1. The molecule has 0 atom stereocenters. The number of carbonyl (C=O) groups excluding carboxylic acids is 1. The lowest BCUT2D eigenvalue weighted by molar-refractivity contribution is 0.322. The summed E-state index contributed by atoms with van der Waals surface area (Å²) in [5, 5.41) is 11.0. The first kappa shape index (κ1) is 14.4. The number of aliphatic imine (C=N–C) groups is 1. The van der Waals surface area contributed by atoms with Crippen molar-refractivity contribution >= 4 is 12.3 Å². The largest absolute Gasteiger partial charge is 0.411 e. The lowest BCUT2D eigenvalue weighted by Gasteiger charge is -1.89. The van der Waals surface area contributed by atoms with E-state index in [0.717, 1.165) is 11.1 Å². The highest BCUT2D eigenvalue weighted by Crippen LogP contribution is 1.98. The predicted octanol–water partition coefficient (Wildman–Crippen LogP) is 3.02. The Morgan fingerprint density at radius 2 is 1.58 bits per heavy atom. The molecule has 0 unspecified atom stereocenters. The summed E-state index contributed by atoms with van der Waals surface area (Å²) in [6, 6.07) is 19.0. The molecular weight excluding hydrogens is 240 g/mol. The summed E-state index contributed by atoms with van der Waals surface area (Å²) in [4.78, 5) is 13.1. The predicted molar refractivity (Wildman–Crippen MR) is 74.1 cm³/mol. The summed E-state index contributed by atoms with van der Waals surface area (Å²) >= 11 is 0. The van der Waals surface area contributed by atoms with E-state index in [9.17, 15) is 4.79 Å². The fourth-order valence-electron chi connectivity index (χ4n) is 1.31. The molecule has 0 aliphatic heterocycles. The van der Waals surface area contributed by atoms with E-state index in [4.69, 9.17) is 5.21 Å². The maximum atomic E-state index is 9.69. The van der Waals surface area contributed by atoms with E-state index in [1.54, 1.807) is 0 Å². The van der Waals surface area contributed by atoms with Gasteiger partial charge in [-0.15, -0.1) is 0 Å². The van der Waals surface area contributed by atoms with E-state index >= 15 is 0 Å². The van der Waals surface area contributed by atoms with Crippen molar-refractivity contribution in [1.29, 1.82) is 0 Å². The Labute approximate surface area is 111 Å². The molecule has 96 valence electrons. The smallest absolute Gasteiger partial charge is 0.235 e. The quantitative estimate of drug-likeness (QED) is 0.396. The van der Waals surface area contributed by atoms with Crippen LogP contribution in [0.25, 0.3) is 0 Å². The van der Waals surface area contributed by atoms with Crippen LogP contribution in [0.4, 0.5) is 0 Å². The van der Waals surface area contributed by atoms with Gasteiger partial charge in [0.25, 0.3) is 0 Å². The Morgan fingerprint density at radius 3 is 2.11 bits per heavy atom. The molecule has 0 fully saturated rings. The molecule has 2 rings (SSSR count). The SMILES string of the molecule is O=C=NCc1ccccc1.ON=Cc1ccccc1. The van der Waals surface area contributed by atoms with Gasteiger partial charge in [-0.25, -0.2) is 9.79 Å². The van der Waals surface area contributed by atoms with Crippen molar-refractivity contribution in [2.45, 2.75) is 6.54 Å². The summed E-state index contributed by atoms with van der Waals surface area (Å²) in [5.74, 6) is 0. The molecule has 2 aromatic rings. The number of rotatable bonds is 3. The summed E-state index contributed by atoms with van der Waals surface area (Å²) in [6.07, 6.45) is 2.88. The molecule has 0 saturated carbocycles. The van der Waals surface area contributed by atoms with E-state index < -0.39 is 0 Å². The second kappa shape index (κ2) is 9.33. The summed E-state index contributed by atoms with van der Waals surface area (Å²) in [7, 11) is 0. The summed E-state index contributed by atoms with van der Waals surface area (Å²) in [6.45, 7) is 0.435. The molecular formula is C15H14N2O2. The topological polar surface area (TPSA) is 62.0 Å². The molecule has 0 radical (unpaired) electrons. The number of hydrogen-bond donors (Lipinski definition) is 1. The maximum Gasteiger partial charge on any atom is 0.235 e. The summed E-state index contributed by atoms with van der Waals surface area (Å²) in [5.41, 5.74) is 1.94. The standard InChI is InChI=1S/C8H7NO.C7H7NO/c10-7-9-6-8-4-2-1-3-5-8;9-8-6-7-4-2-1-3-5-7/h1-5H,6H2;1-6,9H. The van der Waals surface area contributed by atoms with Crippen LogP contribution in [0.2, 0.25) is 0 Å². The van der Waals surface area contributed by atoms with Gasteiger partial charge in [0.15, 0.2) is 0 Å². The van der Waals surface area contributed by atoms with Gasteiger partial charge in [-0.1, -0.05) is 65.8 Å². The molecule has 0 bridgehead atoms. The van der Waals surface area contributed by atoms with Crippen LogP contribution in [0.5, 0.6) is 0 Å². The zero-order valence-corrected chi connectivity index (χ0v) is 10.3. The van der Waals surface area contributed by atoms with Crippen LogP contribution in [0.15, 0.2) is 70.8 Å². The highest BCUT2D eigenvalue weighted by atomic mass is 16.4. The van der Waals surface area contributed by atoms with Crippen molar-refractivity contribution < 1.29 is 10.0 Å². The van der Waals surface area contributed by atoms with Crippen molar-refractivity contribution in [3.05, 3.63) is 71.8 Å². The molecule has 0 aromatic heterocycles. The first-order chi connectivity index (χ1) is 9.36. The first-order valence-electron chi connectivity index (χ1n) is 5.67. The van der Waals surface area contributed by atoms with Crippen LogP contribution in [0, 0.1) is 0 Å². The zero-order chi connectivity index (χ0) is 13.8. The van der Waals surface area contributed by atoms with Crippen LogP contribution < -0.4 is 0 Å². The number of nitrogens with zero attached hydrogens (tertiary/aromatic N) is 2. The van der Waals surface area contributed by atoms with E-state index in [0.29, 0.717) is 6.54 Å². The number of benzene rings is 2. The molecule has 0 aliphatic rings. The number of hydrogen-bond acceptors (Lipinski definition) is 4. The van der Waals surface area contributed by atoms with Gasteiger partial charge in [-0.05, 0) is 11.1 Å². The van der Waals surface area contributed by atoms with Crippen molar-refractivity contribution in [2.24, 2.45) is 10.1 Å². The zero-order valence-electron chi connectivity index (χ0n) is 10.3. The maximum absolute atomic E-state index is 9.69. The minimum absolute atomic E-state index is 0.435. The van der Waals surface area contributed by atoms with E-state index in [-0.39, 0.29) is 0 Å². The average Bonchev–Trinajstić information content (AvgIpc) is 2.48. The normalized spacial score (nSPS) is 9.26. The Kier molecular flexibility index (Phi) is 7.05. The monoisotopic (exact) mass is 254 g/mol. The van der Waals surface area contributed by atoms with Gasteiger partial charge in [0.05, 0.1) is 12.8 Å². The van der Waals surface area contributed by atoms with E-state index in [1.165, 1.54) is 12.3 Å². The third-order valence-corrected chi connectivity index (χ3v) is 2.18. The second-order valence-electron chi connectivity index (χ2n) is 3.55. The summed E-state index contributed by atoms with van der Waals surface area (Å²) < 4.78 is 0. The molecule has 0 heterocycles. The van der Waals surface area contributed by atoms with Crippen LogP contribution in [0.3, 0.4) is 0 Å². The highest BCUT2D eigenvalue weighted by Gasteiger charge is 1.84. The minimum atomic E-state index is 0.435. The van der Waals surface area contributed by atoms with Crippen molar-refractivity contribution in [1.82, 2.24) is 0 Å². The molecule has 19 heavy (non-hydrogen) atoms. The van der Waals surface area contributed by atoms with Gasteiger partial charge in [-0.3, -0.25) is 0 Å². The van der Waals surface area contributed by atoms with Crippen molar-refractivity contribution in [2.75, 3.05) is 0 Å². The third-order valence-electron chi connectivity index (χ3n) is 2.18. The van der Waals surface area contributed by atoms with Gasteiger partial charge in [0.2, 0.25) is 6.08 Å². The van der Waals surface area contributed by atoms with Gasteiger partial charge >= 0.3 is 0 Å². The fourth-order valence-corrected chi connectivity index (χ4v) is 1.31. The minimum Gasteiger partial charge on any atom is -0.411 e.